The fraction of sp³-hybridized carbons (Fsp3) is 0.429. The molecule has 5 rings (SSSR count). The Morgan fingerprint density at radius 1 is 1.00 bits per heavy atom. The van der Waals surface area contributed by atoms with Crippen molar-refractivity contribution in [1.82, 2.24) is 20.2 Å². The van der Waals surface area contributed by atoms with E-state index in [9.17, 15) is 0 Å². The number of nitrogen functional groups attached to an aromatic ring is 1. The minimum atomic E-state index is 0.290. The quantitative estimate of drug-likeness (QED) is 0.589. The summed E-state index contributed by atoms with van der Waals surface area (Å²) in [6.45, 7) is 1.82. The molecule has 2 fully saturated rings. The van der Waals surface area contributed by atoms with Crippen LogP contribution in [0.15, 0.2) is 29.0 Å². The van der Waals surface area contributed by atoms with Gasteiger partial charge in [0.05, 0.1) is 10.0 Å². The summed E-state index contributed by atoms with van der Waals surface area (Å²) in [4.78, 5) is 11.7. The van der Waals surface area contributed by atoms with Crippen molar-refractivity contribution in [2.75, 3.05) is 23.7 Å². The zero-order valence-corrected chi connectivity index (χ0v) is 18.0. The van der Waals surface area contributed by atoms with E-state index in [-0.39, 0.29) is 0 Å². The molecule has 30 heavy (non-hydrogen) atoms. The smallest absolute Gasteiger partial charge is 0.269 e. The molecule has 7 nitrogen and oxygen atoms in total. The van der Waals surface area contributed by atoms with E-state index in [4.69, 9.17) is 43.3 Å². The van der Waals surface area contributed by atoms with Crippen LogP contribution in [0.25, 0.3) is 22.8 Å². The van der Waals surface area contributed by atoms with Crippen LogP contribution in [0.3, 0.4) is 0 Å². The Hall–Kier alpha value is -2.38. The average Bonchev–Trinajstić information content (AvgIpc) is 3.44. The number of anilines is 2. The van der Waals surface area contributed by atoms with E-state index in [1.807, 2.05) is 6.07 Å². The second-order valence-corrected chi connectivity index (χ2v) is 8.95. The second kappa shape index (κ2) is 7.71. The summed E-state index contributed by atoms with van der Waals surface area (Å²) in [6, 6.07) is 5.34. The number of halogens is 2. The molecular weight excluding hydrogens is 423 g/mol. The lowest BCUT2D eigenvalue weighted by Gasteiger charge is -2.40. The van der Waals surface area contributed by atoms with Crippen LogP contribution in [-0.4, -0.2) is 33.3 Å². The number of benzene rings is 1. The zero-order chi connectivity index (χ0) is 20.7. The van der Waals surface area contributed by atoms with Crippen LogP contribution in [-0.2, 0) is 0 Å². The number of piperidine rings is 1. The first-order valence-corrected chi connectivity index (χ1v) is 11.0. The number of rotatable bonds is 3. The molecule has 3 aromatic rings. The Morgan fingerprint density at radius 3 is 2.47 bits per heavy atom. The van der Waals surface area contributed by atoms with E-state index in [1.54, 1.807) is 12.1 Å². The fourth-order valence-corrected chi connectivity index (χ4v) is 5.17. The van der Waals surface area contributed by atoms with Crippen LogP contribution >= 0.6 is 23.2 Å². The Balaban J connectivity index is 1.56. The third-order valence-corrected chi connectivity index (χ3v) is 7.28. The van der Waals surface area contributed by atoms with E-state index in [0.29, 0.717) is 49.9 Å². The van der Waals surface area contributed by atoms with Gasteiger partial charge in [0.1, 0.15) is 5.69 Å². The van der Waals surface area contributed by atoms with Crippen molar-refractivity contribution in [3.05, 3.63) is 34.6 Å². The number of hydrogen-bond acceptors (Lipinski definition) is 7. The maximum absolute atomic E-state index is 6.42. The summed E-state index contributed by atoms with van der Waals surface area (Å²) in [5.41, 5.74) is 8.42. The SMILES string of the molecule is Nc1nc(N2CCC3(CCCC3)CC2)c(-c2nnco2)nc1-c1cccc(Cl)c1Cl. The number of nitrogens with two attached hydrogens (primary N) is 1. The molecule has 0 amide bonds. The summed E-state index contributed by atoms with van der Waals surface area (Å²) in [5.74, 6) is 1.27. The van der Waals surface area contributed by atoms with E-state index in [0.717, 1.165) is 25.9 Å². The second-order valence-electron chi connectivity index (χ2n) is 8.17. The molecule has 2 aliphatic rings. The molecule has 0 unspecified atom stereocenters. The zero-order valence-electron chi connectivity index (χ0n) is 16.4. The Morgan fingerprint density at radius 2 is 1.77 bits per heavy atom. The van der Waals surface area contributed by atoms with Crippen molar-refractivity contribution in [2.24, 2.45) is 5.41 Å². The lowest BCUT2D eigenvalue weighted by atomic mass is 9.77. The topological polar surface area (TPSA) is 94.0 Å². The molecule has 9 heteroatoms. The third kappa shape index (κ3) is 3.40. The molecule has 1 aliphatic carbocycles. The molecule has 1 saturated carbocycles. The van der Waals surface area contributed by atoms with Gasteiger partial charge in [0.15, 0.2) is 17.3 Å². The highest BCUT2D eigenvalue weighted by Crippen LogP contribution is 2.47. The standard InChI is InChI=1S/C21H22Cl2N6O/c22-14-5-3-4-13(15(14)23)16-18(24)27-19(17(26-16)20-28-25-12-30-20)29-10-8-21(9-11-29)6-1-2-7-21/h3-5,12H,1-2,6-11H2,(H2,24,27). The van der Waals surface area contributed by atoms with Crippen LogP contribution in [0, 0.1) is 5.41 Å². The maximum atomic E-state index is 6.42. The van der Waals surface area contributed by atoms with Gasteiger partial charge in [-0.25, -0.2) is 9.97 Å². The molecular formula is C21H22Cl2N6O. The Labute approximate surface area is 184 Å². The molecule has 0 atom stereocenters. The van der Waals surface area contributed by atoms with Gasteiger partial charge in [-0.1, -0.05) is 48.2 Å². The van der Waals surface area contributed by atoms with Gasteiger partial charge in [0.25, 0.3) is 5.89 Å². The first-order chi connectivity index (χ1) is 14.6. The summed E-state index contributed by atoms with van der Waals surface area (Å²) < 4.78 is 5.48. The summed E-state index contributed by atoms with van der Waals surface area (Å²) in [6.07, 6.45) is 8.94. The van der Waals surface area contributed by atoms with Crippen molar-refractivity contribution in [3.63, 3.8) is 0 Å². The summed E-state index contributed by atoms with van der Waals surface area (Å²) in [5, 5.41) is 8.70. The van der Waals surface area contributed by atoms with E-state index < -0.39 is 0 Å². The van der Waals surface area contributed by atoms with Gasteiger partial charge in [-0.3, -0.25) is 0 Å². The Bertz CT molecular complexity index is 1060. The summed E-state index contributed by atoms with van der Waals surface area (Å²) in [7, 11) is 0. The first kappa shape index (κ1) is 19.6. The molecule has 3 heterocycles. The van der Waals surface area contributed by atoms with Crippen LogP contribution in [0.1, 0.15) is 38.5 Å². The van der Waals surface area contributed by atoms with E-state index in [2.05, 4.69) is 15.1 Å². The van der Waals surface area contributed by atoms with E-state index >= 15 is 0 Å². The van der Waals surface area contributed by atoms with Gasteiger partial charge in [-0.2, -0.15) is 0 Å². The van der Waals surface area contributed by atoms with E-state index in [1.165, 1.54) is 32.1 Å². The molecule has 156 valence electrons. The predicted molar refractivity (Wildman–Crippen MR) is 118 cm³/mol. The molecule has 1 aliphatic heterocycles. The minimum absolute atomic E-state index is 0.290. The lowest BCUT2D eigenvalue weighted by molar-refractivity contribution is 0.226. The number of aromatic nitrogens is 4. The minimum Gasteiger partial charge on any atom is -0.422 e. The molecule has 2 aromatic heterocycles. The molecule has 0 radical (unpaired) electrons. The van der Waals surface area contributed by atoms with Crippen LogP contribution in [0.2, 0.25) is 10.0 Å². The molecule has 1 aromatic carbocycles. The monoisotopic (exact) mass is 444 g/mol. The lowest BCUT2D eigenvalue weighted by Crippen LogP contribution is -2.39. The highest BCUT2D eigenvalue weighted by Gasteiger charge is 2.38. The van der Waals surface area contributed by atoms with Crippen LogP contribution < -0.4 is 10.6 Å². The van der Waals surface area contributed by atoms with Gasteiger partial charge in [-0.05, 0) is 37.2 Å². The van der Waals surface area contributed by atoms with Crippen molar-refractivity contribution >= 4 is 34.8 Å². The molecule has 1 spiro atoms. The highest BCUT2D eigenvalue weighted by atomic mass is 35.5. The van der Waals surface area contributed by atoms with Crippen molar-refractivity contribution < 1.29 is 4.42 Å². The molecule has 2 N–H and O–H groups in total. The highest BCUT2D eigenvalue weighted by molar-refractivity contribution is 6.43. The number of hydrogen-bond donors (Lipinski definition) is 1. The van der Waals surface area contributed by atoms with Crippen molar-refractivity contribution in [2.45, 2.75) is 38.5 Å². The third-order valence-electron chi connectivity index (χ3n) is 6.46. The van der Waals surface area contributed by atoms with Crippen LogP contribution in [0.4, 0.5) is 11.6 Å². The van der Waals surface area contributed by atoms with Crippen LogP contribution in [0.5, 0.6) is 0 Å². The first-order valence-electron chi connectivity index (χ1n) is 10.2. The number of nitrogens with zero attached hydrogens (tertiary/aromatic N) is 5. The van der Waals surface area contributed by atoms with Crippen molar-refractivity contribution in [3.8, 4) is 22.8 Å². The normalized spacial score (nSPS) is 18.3. The fourth-order valence-electron chi connectivity index (χ4n) is 4.78. The van der Waals surface area contributed by atoms with Gasteiger partial charge in [0, 0.05) is 18.7 Å². The molecule has 1 saturated heterocycles. The molecule has 0 bridgehead atoms. The van der Waals surface area contributed by atoms with Gasteiger partial charge in [-0.15, -0.1) is 10.2 Å². The largest absolute Gasteiger partial charge is 0.422 e. The average molecular weight is 445 g/mol. The predicted octanol–water partition coefficient (Wildman–Crippen LogP) is 5.24. The summed E-state index contributed by atoms with van der Waals surface area (Å²) >= 11 is 12.6. The van der Waals surface area contributed by atoms with Gasteiger partial charge < -0.3 is 15.1 Å². The van der Waals surface area contributed by atoms with Crippen molar-refractivity contribution in [1.29, 1.82) is 0 Å². The van der Waals surface area contributed by atoms with Gasteiger partial charge >= 0.3 is 0 Å². The maximum Gasteiger partial charge on any atom is 0.269 e. The van der Waals surface area contributed by atoms with Gasteiger partial charge in [0.2, 0.25) is 6.39 Å². The Kier molecular flexibility index (Phi) is 5.03.